The second-order valence-corrected chi connectivity index (χ2v) is 8.56. The molecule has 188 valence electrons. The lowest BCUT2D eigenvalue weighted by Gasteiger charge is -2.31. The Morgan fingerprint density at radius 3 is 2.19 bits per heavy atom. The van der Waals surface area contributed by atoms with Gasteiger partial charge in [-0.3, -0.25) is 9.59 Å². The fourth-order valence-electron chi connectivity index (χ4n) is 4.34. The van der Waals surface area contributed by atoms with Crippen LogP contribution in [0, 0.1) is 0 Å². The average Bonchev–Trinajstić information content (AvgIpc) is 3.01. The third-order valence-corrected chi connectivity index (χ3v) is 5.98. The van der Waals surface area contributed by atoms with Gasteiger partial charge >= 0.3 is 0 Å². The van der Waals surface area contributed by atoms with Crippen LogP contribution in [0.3, 0.4) is 0 Å². The van der Waals surface area contributed by atoms with E-state index in [2.05, 4.69) is 5.32 Å². The zero-order valence-electron chi connectivity index (χ0n) is 20.5. The van der Waals surface area contributed by atoms with Crippen molar-refractivity contribution in [1.82, 2.24) is 4.90 Å². The van der Waals surface area contributed by atoms with Crippen LogP contribution in [-0.4, -0.2) is 43.1 Å². The third kappa shape index (κ3) is 5.26. The topological polar surface area (TPSA) is 77.1 Å². The molecule has 4 rings (SSSR count). The molecule has 1 atom stereocenters. The van der Waals surface area contributed by atoms with Gasteiger partial charge in [-0.1, -0.05) is 41.9 Å². The predicted octanol–water partition coefficient (Wildman–Crippen LogP) is 5.72. The Hall–Kier alpha value is -3.71. The van der Waals surface area contributed by atoms with Crippen LogP contribution in [0.1, 0.15) is 48.3 Å². The summed E-state index contributed by atoms with van der Waals surface area (Å²) in [5.41, 5.74) is 2.52. The van der Waals surface area contributed by atoms with Crippen molar-refractivity contribution in [2.45, 2.75) is 26.8 Å². The van der Waals surface area contributed by atoms with Gasteiger partial charge in [-0.05, 0) is 56.7 Å². The summed E-state index contributed by atoms with van der Waals surface area (Å²) in [6.45, 7) is 6.61. The number of nitrogens with zero attached hydrogens (tertiary/aromatic N) is 1. The van der Waals surface area contributed by atoms with E-state index in [4.69, 9.17) is 25.8 Å². The Bertz CT molecular complexity index is 1220. The molecule has 3 aromatic carbocycles. The molecule has 0 unspecified atom stereocenters. The Labute approximate surface area is 215 Å². The molecule has 3 aromatic rings. The van der Waals surface area contributed by atoms with Crippen LogP contribution in [0.2, 0.25) is 5.02 Å². The Balaban J connectivity index is 1.87. The van der Waals surface area contributed by atoms with E-state index in [0.29, 0.717) is 53.3 Å². The normalized spacial score (nSPS) is 14.9. The first-order chi connectivity index (χ1) is 17.5. The number of fused-ring (bicyclic) bond motifs is 1. The van der Waals surface area contributed by atoms with Crippen molar-refractivity contribution in [2.24, 2.45) is 0 Å². The first-order valence-corrected chi connectivity index (χ1v) is 12.4. The van der Waals surface area contributed by atoms with Gasteiger partial charge in [0, 0.05) is 21.8 Å². The molecular weight excluding hydrogens is 480 g/mol. The highest BCUT2D eigenvalue weighted by Gasteiger charge is 2.35. The minimum Gasteiger partial charge on any atom is -0.490 e. The summed E-state index contributed by atoms with van der Waals surface area (Å²) in [6.07, 6.45) is 0. The van der Waals surface area contributed by atoms with E-state index in [0.717, 1.165) is 11.1 Å². The van der Waals surface area contributed by atoms with E-state index < -0.39 is 6.04 Å². The number of amides is 2. The van der Waals surface area contributed by atoms with Gasteiger partial charge < -0.3 is 24.4 Å². The largest absolute Gasteiger partial charge is 0.490 e. The van der Waals surface area contributed by atoms with Crippen LogP contribution < -0.4 is 19.5 Å². The molecule has 1 N–H and O–H groups in total. The maximum absolute atomic E-state index is 14.1. The van der Waals surface area contributed by atoms with E-state index in [1.165, 1.54) is 0 Å². The number of benzene rings is 3. The molecule has 0 bridgehead atoms. The lowest BCUT2D eigenvalue weighted by molar-refractivity contribution is -0.117. The standard InChI is InChI=1S/C28H29ClN2O5/c1-4-34-23-14-19(15-24(35-5-2)27(23)36-6-3)28(33)31-17-25(32)30-22-13-12-20(29)16-21(22)26(31)18-10-8-7-9-11-18/h7-16,26H,4-6,17H2,1-3H3,(H,30,32)/t26-/m0/s1. The molecule has 0 aromatic heterocycles. The number of carbonyl (C=O) groups excluding carboxylic acids is 2. The number of hydrogen-bond acceptors (Lipinski definition) is 5. The van der Waals surface area contributed by atoms with Crippen molar-refractivity contribution in [1.29, 1.82) is 0 Å². The van der Waals surface area contributed by atoms with Gasteiger partial charge in [0.25, 0.3) is 5.91 Å². The molecule has 1 heterocycles. The van der Waals surface area contributed by atoms with Crippen molar-refractivity contribution >= 4 is 29.1 Å². The quantitative estimate of drug-likeness (QED) is 0.421. The molecular formula is C28H29ClN2O5. The molecule has 0 spiro atoms. The minimum absolute atomic E-state index is 0.147. The van der Waals surface area contributed by atoms with Gasteiger partial charge in [-0.15, -0.1) is 0 Å². The molecule has 36 heavy (non-hydrogen) atoms. The molecule has 0 radical (unpaired) electrons. The molecule has 0 saturated heterocycles. The second-order valence-electron chi connectivity index (χ2n) is 8.13. The van der Waals surface area contributed by atoms with Crippen molar-refractivity contribution < 1.29 is 23.8 Å². The zero-order valence-corrected chi connectivity index (χ0v) is 21.3. The van der Waals surface area contributed by atoms with Crippen molar-refractivity contribution in [3.05, 3.63) is 82.4 Å². The van der Waals surface area contributed by atoms with Crippen LogP contribution in [0.15, 0.2) is 60.7 Å². The lowest BCUT2D eigenvalue weighted by atomic mass is 9.95. The van der Waals surface area contributed by atoms with Gasteiger partial charge in [-0.2, -0.15) is 0 Å². The summed E-state index contributed by atoms with van der Waals surface area (Å²) in [6, 6.07) is 17.6. The lowest BCUT2D eigenvalue weighted by Crippen LogP contribution is -2.39. The van der Waals surface area contributed by atoms with E-state index >= 15 is 0 Å². The number of nitrogens with one attached hydrogen (secondary N) is 1. The van der Waals surface area contributed by atoms with E-state index in [1.54, 1.807) is 35.2 Å². The first kappa shape index (κ1) is 25.4. The summed E-state index contributed by atoms with van der Waals surface area (Å²) in [4.78, 5) is 28.6. The number of anilines is 1. The Kier molecular flexibility index (Phi) is 8.00. The Morgan fingerprint density at radius 2 is 1.58 bits per heavy atom. The third-order valence-electron chi connectivity index (χ3n) is 5.74. The zero-order chi connectivity index (χ0) is 25.7. The number of rotatable bonds is 8. The van der Waals surface area contributed by atoms with Crippen molar-refractivity contribution in [2.75, 3.05) is 31.7 Å². The van der Waals surface area contributed by atoms with E-state index in [-0.39, 0.29) is 18.4 Å². The SMILES string of the molecule is CCOc1cc(C(=O)N2CC(=O)Nc3ccc(Cl)cc3[C@@H]2c2ccccc2)cc(OCC)c1OCC. The number of carbonyl (C=O) groups is 2. The molecule has 0 aliphatic carbocycles. The number of hydrogen-bond donors (Lipinski definition) is 1. The Morgan fingerprint density at radius 1 is 0.944 bits per heavy atom. The molecule has 8 heteroatoms. The smallest absolute Gasteiger partial charge is 0.255 e. The van der Waals surface area contributed by atoms with Gasteiger partial charge in [0.15, 0.2) is 11.5 Å². The fourth-order valence-corrected chi connectivity index (χ4v) is 4.52. The summed E-state index contributed by atoms with van der Waals surface area (Å²) < 4.78 is 17.4. The van der Waals surface area contributed by atoms with Gasteiger partial charge in [0.05, 0.1) is 25.9 Å². The van der Waals surface area contributed by atoms with E-state index in [1.807, 2.05) is 51.1 Å². The second kappa shape index (κ2) is 11.4. The van der Waals surface area contributed by atoms with Crippen LogP contribution in [0.25, 0.3) is 0 Å². The summed E-state index contributed by atoms with van der Waals surface area (Å²) in [5.74, 6) is 0.617. The van der Waals surface area contributed by atoms with E-state index in [9.17, 15) is 9.59 Å². The molecule has 7 nitrogen and oxygen atoms in total. The van der Waals surface area contributed by atoms with Gasteiger partial charge in [0.1, 0.15) is 6.54 Å². The van der Waals surface area contributed by atoms with Gasteiger partial charge in [-0.25, -0.2) is 0 Å². The summed E-state index contributed by atoms with van der Waals surface area (Å²) in [7, 11) is 0. The van der Waals surface area contributed by atoms with Crippen LogP contribution >= 0.6 is 11.6 Å². The monoisotopic (exact) mass is 508 g/mol. The summed E-state index contributed by atoms with van der Waals surface area (Å²) in [5, 5.41) is 3.42. The maximum Gasteiger partial charge on any atom is 0.255 e. The maximum atomic E-state index is 14.1. The molecule has 0 saturated carbocycles. The molecule has 2 amide bonds. The van der Waals surface area contributed by atoms with Crippen LogP contribution in [0.5, 0.6) is 17.2 Å². The van der Waals surface area contributed by atoms with Crippen LogP contribution in [0.4, 0.5) is 5.69 Å². The summed E-state index contributed by atoms with van der Waals surface area (Å²) >= 11 is 6.36. The predicted molar refractivity (Wildman–Crippen MR) is 139 cm³/mol. The number of halogens is 1. The van der Waals surface area contributed by atoms with Crippen LogP contribution in [-0.2, 0) is 4.79 Å². The highest BCUT2D eigenvalue weighted by Crippen LogP contribution is 2.42. The first-order valence-electron chi connectivity index (χ1n) is 12.0. The fraction of sp³-hybridized carbons (Fsp3) is 0.286. The number of ether oxygens (including phenoxy) is 3. The molecule has 1 aliphatic rings. The van der Waals surface area contributed by atoms with Gasteiger partial charge in [0.2, 0.25) is 11.7 Å². The molecule has 1 aliphatic heterocycles. The highest BCUT2D eigenvalue weighted by atomic mass is 35.5. The average molecular weight is 509 g/mol. The highest BCUT2D eigenvalue weighted by molar-refractivity contribution is 6.30. The van der Waals surface area contributed by atoms with Crippen molar-refractivity contribution in [3.63, 3.8) is 0 Å². The molecule has 0 fully saturated rings. The minimum atomic E-state index is -0.552. The van der Waals surface area contributed by atoms with Crippen molar-refractivity contribution in [3.8, 4) is 17.2 Å².